The molecule has 0 saturated heterocycles. The second-order valence-electron chi connectivity index (χ2n) is 8.07. The molecule has 0 fully saturated rings. The molecule has 0 saturated carbocycles. The van der Waals surface area contributed by atoms with Gasteiger partial charge in [0.25, 0.3) is 0 Å². The smallest absolute Gasteiger partial charge is 0.307 e. The lowest BCUT2D eigenvalue weighted by Crippen LogP contribution is -2.33. The second-order valence-corrected chi connectivity index (χ2v) is 8.07. The fourth-order valence-electron chi connectivity index (χ4n) is 3.99. The number of hydrogen-bond donors (Lipinski definition) is 2. The predicted molar refractivity (Wildman–Crippen MR) is 119 cm³/mol. The molecule has 1 aromatic carbocycles. The van der Waals surface area contributed by atoms with Gasteiger partial charge in [-0.25, -0.2) is 0 Å². The topological polar surface area (TPSA) is 98.6 Å². The SMILES string of the molecule is Cc1cc2cc(COC3(C)CC=CC=C3CC(=O)O)cc(-c3ccnc(CN)c3)c2o1. The second kappa shape index (κ2) is 8.49. The average molecular weight is 418 g/mol. The van der Waals surface area contributed by atoms with Gasteiger partial charge in [-0.1, -0.05) is 18.2 Å². The van der Waals surface area contributed by atoms with E-state index in [0.29, 0.717) is 19.6 Å². The number of pyridine rings is 1. The van der Waals surface area contributed by atoms with Crippen molar-refractivity contribution in [1.29, 1.82) is 0 Å². The minimum atomic E-state index is -0.859. The van der Waals surface area contributed by atoms with Gasteiger partial charge in [0.05, 0.1) is 24.3 Å². The van der Waals surface area contributed by atoms with E-state index in [4.69, 9.17) is 14.9 Å². The lowest BCUT2D eigenvalue weighted by Gasteiger charge is -2.33. The van der Waals surface area contributed by atoms with Crippen LogP contribution in [0, 0.1) is 6.92 Å². The van der Waals surface area contributed by atoms with E-state index in [-0.39, 0.29) is 6.42 Å². The number of allylic oxidation sites excluding steroid dienone is 2. The summed E-state index contributed by atoms with van der Waals surface area (Å²) in [5.74, 6) is -0.0270. The molecule has 2 heterocycles. The lowest BCUT2D eigenvalue weighted by molar-refractivity contribution is -0.137. The molecule has 160 valence electrons. The molecule has 6 nitrogen and oxygen atoms in total. The van der Waals surface area contributed by atoms with E-state index in [9.17, 15) is 9.90 Å². The van der Waals surface area contributed by atoms with E-state index in [1.165, 1.54) is 0 Å². The van der Waals surface area contributed by atoms with Gasteiger partial charge in [-0.15, -0.1) is 0 Å². The molecule has 0 aliphatic heterocycles. The maximum Gasteiger partial charge on any atom is 0.307 e. The van der Waals surface area contributed by atoms with Crippen LogP contribution < -0.4 is 5.73 Å². The summed E-state index contributed by atoms with van der Waals surface area (Å²) in [5, 5.41) is 10.3. The zero-order valence-electron chi connectivity index (χ0n) is 17.7. The van der Waals surface area contributed by atoms with E-state index in [1.54, 1.807) is 6.20 Å². The molecule has 2 aromatic heterocycles. The number of carboxylic acids is 1. The summed E-state index contributed by atoms with van der Waals surface area (Å²) in [6.45, 7) is 4.59. The van der Waals surface area contributed by atoms with Gasteiger partial charge < -0.3 is 20.0 Å². The van der Waals surface area contributed by atoms with Crippen LogP contribution >= 0.6 is 0 Å². The Bertz CT molecular complexity index is 1190. The average Bonchev–Trinajstić information content (AvgIpc) is 3.13. The number of ether oxygens (including phenoxy) is 1. The molecule has 1 aliphatic carbocycles. The Labute approximate surface area is 181 Å². The Hall–Kier alpha value is -3.22. The zero-order valence-corrected chi connectivity index (χ0v) is 17.7. The van der Waals surface area contributed by atoms with Crippen LogP contribution in [0.25, 0.3) is 22.1 Å². The Balaban J connectivity index is 1.68. The summed E-state index contributed by atoms with van der Waals surface area (Å²) in [6.07, 6.45) is 8.09. The third-order valence-electron chi connectivity index (χ3n) is 5.66. The van der Waals surface area contributed by atoms with Gasteiger partial charge >= 0.3 is 5.97 Å². The van der Waals surface area contributed by atoms with E-state index in [2.05, 4.69) is 17.1 Å². The van der Waals surface area contributed by atoms with Gasteiger partial charge in [0, 0.05) is 23.7 Å². The number of hydrogen-bond acceptors (Lipinski definition) is 5. The van der Waals surface area contributed by atoms with Gasteiger partial charge in [-0.3, -0.25) is 9.78 Å². The van der Waals surface area contributed by atoms with Crippen LogP contribution in [0.15, 0.2) is 64.7 Å². The van der Waals surface area contributed by atoms with Crippen LogP contribution in [0.4, 0.5) is 0 Å². The van der Waals surface area contributed by atoms with Crippen molar-refractivity contribution >= 4 is 16.9 Å². The number of furan rings is 1. The van der Waals surface area contributed by atoms with Gasteiger partial charge in [-0.05, 0) is 67.3 Å². The van der Waals surface area contributed by atoms with Gasteiger partial charge in [0.1, 0.15) is 11.3 Å². The third-order valence-corrected chi connectivity index (χ3v) is 5.66. The highest BCUT2D eigenvalue weighted by molar-refractivity contribution is 5.93. The van der Waals surface area contributed by atoms with E-state index in [1.807, 2.05) is 50.3 Å². The minimum absolute atomic E-state index is 0.0368. The Morgan fingerprint density at radius 3 is 2.94 bits per heavy atom. The van der Waals surface area contributed by atoms with Crippen LogP contribution in [0.3, 0.4) is 0 Å². The number of benzene rings is 1. The molecule has 3 N–H and O–H groups in total. The summed E-state index contributed by atoms with van der Waals surface area (Å²) >= 11 is 0. The predicted octanol–water partition coefficient (Wildman–Crippen LogP) is 4.90. The number of aliphatic carboxylic acids is 1. The van der Waals surface area contributed by atoms with Gasteiger partial charge in [-0.2, -0.15) is 0 Å². The Kier molecular flexibility index (Phi) is 5.76. The molecule has 0 amide bonds. The largest absolute Gasteiger partial charge is 0.481 e. The number of carbonyl (C=O) groups is 1. The highest BCUT2D eigenvalue weighted by Gasteiger charge is 2.31. The maximum atomic E-state index is 11.3. The summed E-state index contributed by atoms with van der Waals surface area (Å²) in [5.41, 5.74) is 10.4. The molecule has 31 heavy (non-hydrogen) atoms. The quantitative estimate of drug-likeness (QED) is 0.566. The summed E-state index contributed by atoms with van der Waals surface area (Å²) in [6, 6.07) is 10.0. The molecule has 4 rings (SSSR count). The van der Waals surface area contributed by atoms with Crippen molar-refractivity contribution in [2.45, 2.75) is 45.4 Å². The first kappa shape index (κ1) is 21.0. The minimum Gasteiger partial charge on any atom is -0.481 e. The maximum absolute atomic E-state index is 11.3. The molecule has 6 heteroatoms. The highest BCUT2D eigenvalue weighted by Crippen LogP contribution is 2.35. The van der Waals surface area contributed by atoms with Crippen molar-refractivity contribution in [2.75, 3.05) is 0 Å². The highest BCUT2D eigenvalue weighted by atomic mass is 16.5. The molecule has 0 radical (unpaired) electrons. The van der Waals surface area contributed by atoms with Gasteiger partial charge in [0.15, 0.2) is 0 Å². The Morgan fingerprint density at radius 1 is 1.32 bits per heavy atom. The third kappa shape index (κ3) is 4.45. The van der Waals surface area contributed by atoms with Crippen molar-refractivity contribution in [1.82, 2.24) is 4.98 Å². The van der Waals surface area contributed by atoms with Crippen molar-refractivity contribution in [3.8, 4) is 11.1 Å². The van der Waals surface area contributed by atoms with Crippen molar-refractivity contribution in [2.24, 2.45) is 5.73 Å². The molecule has 0 spiro atoms. The summed E-state index contributed by atoms with van der Waals surface area (Å²) in [4.78, 5) is 15.6. The first-order valence-electron chi connectivity index (χ1n) is 10.3. The van der Waals surface area contributed by atoms with Crippen molar-refractivity contribution < 1.29 is 19.1 Å². The molecule has 0 bridgehead atoms. The fourth-order valence-corrected chi connectivity index (χ4v) is 3.99. The number of aryl methyl sites for hydroxylation is 1. The van der Waals surface area contributed by atoms with Crippen LogP contribution in [-0.2, 0) is 22.7 Å². The number of rotatable bonds is 7. The normalized spacial score (nSPS) is 18.4. The van der Waals surface area contributed by atoms with Crippen LogP contribution in [0.1, 0.15) is 36.8 Å². The van der Waals surface area contributed by atoms with Crippen LogP contribution in [0.2, 0.25) is 0 Å². The number of nitrogens with two attached hydrogens (primary N) is 1. The lowest BCUT2D eigenvalue weighted by atomic mass is 9.86. The van der Waals surface area contributed by atoms with E-state index >= 15 is 0 Å². The van der Waals surface area contributed by atoms with E-state index < -0.39 is 11.6 Å². The Morgan fingerprint density at radius 2 is 2.16 bits per heavy atom. The number of carboxylic acid groups (broad SMARTS) is 1. The number of aromatic nitrogens is 1. The molecule has 1 atom stereocenters. The first-order valence-corrected chi connectivity index (χ1v) is 10.3. The summed E-state index contributed by atoms with van der Waals surface area (Å²) < 4.78 is 12.3. The molecular formula is C25H26N2O4. The van der Waals surface area contributed by atoms with Gasteiger partial charge in [0.2, 0.25) is 0 Å². The monoisotopic (exact) mass is 418 g/mol. The van der Waals surface area contributed by atoms with E-state index in [0.717, 1.165) is 44.7 Å². The molecule has 1 aliphatic rings. The standard InChI is InChI=1S/C25H26N2O4/c1-16-9-19-10-17(15-30-25(2)7-4-3-5-20(25)13-23(28)29)11-22(24(19)31-16)18-6-8-27-21(12-18)14-26/h3-6,8-12H,7,13-15,26H2,1-2H3,(H,28,29). The zero-order chi connectivity index (χ0) is 22.0. The summed E-state index contributed by atoms with van der Waals surface area (Å²) in [7, 11) is 0. The number of nitrogens with zero attached hydrogens (tertiary/aromatic N) is 1. The van der Waals surface area contributed by atoms with Crippen LogP contribution in [-0.4, -0.2) is 21.7 Å². The van der Waals surface area contributed by atoms with Crippen LogP contribution in [0.5, 0.6) is 0 Å². The molecular weight excluding hydrogens is 392 g/mol. The number of fused-ring (bicyclic) bond motifs is 1. The van der Waals surface area contributed by atoms with Crippen molar-refractivity contribution in [3.63, 3.8) is 0 Å². The molecule has 3 aromatic rings. The first-order chi connectivity index (χ1) is 14.9. The van der Waals surface area contributed by atoms with Crippen molar-refractivity contribution in [3.05, 3.63) is 77.3 Å². The fraction of sp³-hybridized carbons (Fsp3) is 0.280. The molecule has 1 unspecified atom stereocenters.